The van der Waals surface area contributed by atoms with Gasteiger partial charge < -0.3 is 38.8 Å². The van der Waals surface area contributed by atoms with Crippen molar-refractivity contribution in [3.8, 4) is 0 Å². The molecule has 0 aliphatic rings. The molecule has 0 rings (SSSR count). The number of carboxylic acids is 1. The average Bonchev–Trinajstić information content (AvgIpc) is 2.73. The van der Waals surface area contributed by atoms with E-state index >= 15 is 0 Å². The molecular weight excluding hydrogens is 513 g/mol. The van der Waals surface area contributed by atoms with Crippen molar-refractivity contribution in [2.75, 3.05) is 90.3 Å². The van der Waals surface area contributed by atoms with Gasteiger partial charge in [-0.3, -0.25) is 9.59 Å². The van der Waals surface area contributed by atoms with Gasteiger partial charge in [-0.15, -0.1) is 0 Å². The van der Waals surface area contributed by atoms with Gasteiger partial charge in [0.15, 0.2) is 0 Å². The molecule has 11 heteroatoms. The van der Waals surface area contributed by atoms with Crippen molar-refractivity contribution in [3.63, 3.8) is 0 Å². The fourth-order valence-corrected chi connectivity index (χ4v) is 2.28. The summed E-state index contributed by atoms with van der Waals surface area (Å²) >= 11 is 2.26. The van der Waals surface area contributed by atoms with Crippen LogP contribution in [-0.4, -0.2) is 107 Å². The average molecular weight is 549 g/mol. The first kappa shape index (κ1) is 29.4. The molecule has 0 heterocycles. The van der Waals surface area contributed by atoms with Crippen LogP contribution in [0.3, 0.4) is 0 Å². The van der Waals surface area contributed by atoms with Crippen LogP contribution < -0.4 is 5.32 Å². The third-order valence-corrected chi connectivity index (χ3v) is 3.88. The van der Waals surface area contributed by atoms with Crippen LogP contribution in [0.25, 0.3) is 0 Å². The fourth-order valence-electron chi connectivity index (χ4n) is 1.97. The van der Waals surface area contributed by atoms with Gasteiger partial charge in [-0.1, -0.05) is 22.6 Å². The monoisotopic (exact) mass is 549 g/mol. The van der Waals surface area contributed by atoms with Crippen LogP contribution in [0.4, 0.5) is 0 Å². The minimum atomic E-state index is -0.975. The summed E-state index contributed by atoms with van der Waals surface area (Å²) in [6, 6.07) is 0. The van der Waals surface area contributed by atoms with Gasteiger partial charge in [-0.25, -0.2) is 0 Å². The van der Waals surface area contributed by atoms with Gasteiger partial charge in [0.05, 0.1) is 79.1 Å². The summed E-state index contributed by atoms with van der Waals surface area (Å²) in [4.78, 5) is 21.6. The Bertz CT molecular complexity index is 402. The number of nitrogens with one attached hydrogen (secondary N) is 1. The van der Waals surface area contributed by atoms with E-state index in [9.17, 15) is 9.59 Å². The van der Waals surface area contributed by atoms with Crippen molar-refractivity contribution in [3.05, 3.63) is 0 Å². The van der Waals surface area contributed by atoms with E-state index in [0.717, 1.165) is 11.0 Å². The molecule has 0 fully saturated rings. The smallest absolute Gasteiger partial charge is 0.303 e. The standard InChI is InChI=1S/C19H36INO9/c20-4-7-26-9-11-28-13-15-30-17-16-29-14-12-27-10-8-25-6-1-5-21-18(22)2-3-19(23)24/h1-17H2,(H,21,22)(H,23,24). The van der Waals surface area contributed by atoms with E-state index in [1.807, 2.05) is 0 Å². The number of carboxylic acid groups (broad SMARTS) is 1. The van der Waals surface area contributed by atoms with Crippen molar-refractivity contribution in [1.82, 2.24) is 5.32 Å². The number of aliphatic carboxylic acids is 1. The number of rotatable bonds is 24. The Morgan fingerprint density at radius 2 is 1.03 bits per heavy atom. The normalized spacial score (nSPS) is 11.0. The number of hydrogen-bond donors (Lipinski definition) is 2. The maximum Gasteiger partial charge on any atom is 0.303 e. The van der Waals surface area contributed by atoms with Crippen LogP contribution in [0, 0.1) is 0 Å². The van der Waals surface area contributed by atoms with Gasteiger partial charge in [0.1, 0.15) is 0 Å². The molecule has 0 aliphatic heterocycles. The molecule has 0 saturated heterocycles. The van der Waals surface area contributed by atoms with Crippen LogP contribution in [-0.2, 0) is 38.0 Å². The molecule has 0 aromatic heterocycles. The summed E-state index contributed by atoms with van der Waals surface area (Å²) < 4.78 is 33.2. The Balaban J connectivity index is 3.08. The highest BCUT2D eigenvalue weighted by molar-refractivity contribution is 14.1. The Morgan fingerprint density at radius 1 is 0.633 bits per heavy atom. The molecule has 0 aliphatic carbocycles. The van der Waals surface area contributed by atoms with E-state index in [0.29, 0.717) is 85.6 Å². The number of carbonyl (C=O) groups is 2. The summed E-state index contributed by atoms with van der Waals surface area (Å²) in [7, 11) is 0. The number of carbonyl (C=O) groups excluding carboxylic acids is 1. The van der Waals surface area contributed by atoms with E-state index in [-0.39, 0.29) is 18.7 Å². The van der Waals surface area contributed by atoms with Crippen molar-refractivity contribution < 1.29 is 43.1 Å². The van der Waals surface area contributed by atoms with Crippen molar-refractivity contribution >= 4 is 34.5 Å². The Hall–Kier alpha value is -0.570. The number of alkyl halides is 1. The Morgan fingerprint density at radius 3 is 1.43 bits per heavy atom. The highest BCUT2D eigenvalue weighted by Crippen LogP contribution is 1.90. The Labute approximate surface area is 192 Å². The second-order valence-corrected chi connectivity index (χ2v) is 7.04. The highest BCUT2D eigenvalue weighted by atomic mass is 127. The topological polar surface area (TPSA) is 122 Å². The zero-order chi connectivity index (χ0) is 22.1. The molecule has 0 aromatic carbocycles. The van der Waals surface area contributed by atoms with E-state index in [1.165, 1.54) is 0 Å². The highest BCUT2D eigenvalue weighted by Gasteiger charge is 2.04. The van der Waals surface area contributed by atoms with Crippen LogP contribution >= 0.6 is 22.6 Å². The van der Waals surface area contributed by atoms with Crippen molar-refractivity contribution in [2.45, 2.75) is 19.3 Å². The molecule has 0 unspecified atom stereocenters. The molecule has 30 heavy (non-hydrogen) atoms. The summed E-state index contributed by atoms with van der Waals surface area (Å²) in [5, 5.41) is 11.1. The summed E-state index contributed by atoms with van der Waals surface area (Å²) in [6.45, 7) is 6.98. The molecule has 1 amide bonds. The van der Waals surface area contributed by atoms with Gasteiger partial charge in [0.25, 0.3) is 0 Å². The number of amides is 1. The molecule has 0 saturated carbocycles. The van der Waals surface area contributed by atoms with Crippen molar-refractivity contribution in [1.29, 1.82) is 0 Å². The lowest BCUT2D eigenvalue weighted by atomic mass is 10.3. The second kappa shape index (κ2) is 24.7. The first-order chi connectivity index (χ1) is 14.7. The molecule has 10 nitrogen and oxygen atoms in total. The largest absolute Gasteiger partial charge is 0.481 e. The minimum absolute atomic E-state index is 0.00147. The molecule has 0 aromatic rings. The molecular formula is C19H36INO9. The number of ether oxygens (including phenoxy) is 6. The third kappa shape index (κ3) is 25.5. The van der Waals surface area contributed by atoms with Gasteiger partial charge in [0, 0.05) is 24.0 Å². The summed E-state index contributed by atoms with van der Waals surface area (Å²) in [6.07, 6.45) is 0.515. The lowest BCUT2D eigenvalue weighted by Gasteiger charge is -2.08. The third-order valence-electron chi connectivity index (χ3n) is 3.44. The van der Waals surface area contributed by atoms with Gasteiger partial charge in [-0.05, 0) is 6.42 Å². The van der Waals surface area contributed by atoms with Crippen LogP contribution in [0.5, 0.6) is 0 Å². The van der Waals surface area contributed by atoms with Gasteiger partial charge in [-0.2, -0.15) is 0 Å². The summed E-state index contributed by atoms with van der Waals surface area (Å²) in [5.41, 5.74) is 0. The maximum atomic E-state index is 11.3. The lowest BCUT2D eigenvalue weighted by molar-refractivity contribution is -0.138. The summed E-state index contributed by atoms with van der Waals surface area (Å²) in [5.74, 6) is -1.23. The quantitative estimate of drug-likeness (QED) is 0.103. The first-order valence-corrected chi connectivity index (χ1v) is 11.7. The predicted octanol–water partition coefficient (Wildman–Crippen LogP) is 0.892. The van der Waals surface area contributed by atoms with E-state index in [2.05, 4.69) is 27.9 Å². The fraction of sp³-hybridized carbons (Fsp3) is 0.895. The SMILES string of the molecule is O=C(O)CCC(=O)NCCCOCCOCCOCCOCCOCCOCCI. The zero-order valence-corrected chi connectivity index (χ0v) is 19.8. The molecule has 0 bridgehead atoms. The zero-order valence-electron chi connectivity index (χ0n) is 17.6. The number of halogens is 1. The lowest BCUT2D eigenvalue weighted by Crippen LogP contribution is -2.25. The number of hydrogen-bond acceptors (Lipinski definition) is 8. The molecule has 2 N–H and O–H groups in total. The van der Waals surface area contributed by atoms with E-state index < -0.39 is 5.97 Å². The first-order valence-electron chi connectivity index (χ1n) is 10.2. The van der Waals surface area contributed by atoms with Crippen LogP contribution in [0.1, 0.15) is 19.3 Å². The minimum Gasteiger partial charge on any atom is -0.481 e. The van der Waals surface area contributed by atoms with Gasteiger partial charge in [0.2, 0.25) is 5.91 Å². The van der Waals surface area contributed by atoms with E-state index in [4.69, 9.17) is 33.5 Å². The molecule has 0 spiro atoms. The van der Waals surface area contributed by atoms with Crippen molar-refractivity contribution in [2.24, 2.45) is 0 Å². The van der Waals surface area contributed by atoms with Gasteiger partial charge >= 0.3 is 5.97 Å². The molecule has 0 radical (unpaired) electrons. The Kier molecular flexibility index (Phi) is 24.2. The molecule has 0 atom stereocenters. The predicted molar refractivity (Wildman–Crippen MR) is 118 cm³/mol. The second-order valence-electron chi connectivity index (χ2n) is 5.96. The van der Waals surface area contributed by atoms with Crippen LogP contribution in [0.15, 0.2) is 0 Å². The molecule has 178 valence electrons. The van der Waals surface area contributed by atoms with E-state index in [1.54, 1.807) is 0 Å². The van der Waals surface area contributed by atoms with Crippen LogP contribution in [0.2, 0.25) is 0 Å². The maximum absolute atomic E-state index is 11.3.